The fourth-order valence-corrected chi connectivity index (χ4v) is 3.77. The van der Waals surface area contributed by atoms with E-state index in [0.29, 0.717) is 12.0 Å². The molecule has 0 radical (unpaired) electrons. The van der Waals surface area contributed by atoms with E-state index in [9.17, 15) is 0 Å². The lowest BCUT2D eigenvalue weighted by Gasteiger charge is -2.22. The number of benzene rings is 1. The lowest BCUT2D eigenvalue weighted by molar-refractivity contribution is 0.369. The summed E-state index contributed by atoms with van der Waals surface area (Å²) in [5.41, 5.74) is 7.89. The van der Waals surface area contributed by atoms with E-state index in [0.717, 1.165) is 6.42 Å². The van der Waals surface area contributed by atoms with E-state index in [2.05, 4.69) is 43.5 Å². The predicted octanol–water partition coefficient (Wildman–Crippen LogP) is 4.99. The number of fused-ring (bicyclic) bond motifs is 1. The molecular formula is C17H25NS. The molecule has 2 rings (SSSR count). The van der Waals surface area contributed by atoms with E-state index in [4.69, 9.17) is 5.73 Å². The molecule has 2 atom stereocenters. The molecule has 0 aliphatic heterocycles. The Morgan fingerprint density at radius 2 is 2.00 bits per heavy atom. The minimum absolute atomic E-state index is 0.301. The number of rotatable bonds is 7. The second kappa shape index (κ2) is 7.06. The molecule has 2 heteroatoms. The molecule has 0 bridgehead atoms. The van der Waals surface area contributed by atoms with Gasteiger partial charge in [-0.1, -0.05) is 51.3 Å². The Morgan fingerprint density at radius 3 is 2.74 bits per heavy atom. The van der Waals surface area contributed by atoms with Crippen LogP contribution in [0.3, 0.4) is 0 Å². The van der Waals surface area contributed by atoms with Crippen LogP contribution in [0.4, 0.5) is 0 Å². The molecule has 19 heavy (non-hydrogen) atoms. The molecule has 1 aromatic heterocycles. The van der Waals surface area contributed by atoms with Crippen LogP contribution in [0.1, 0.15) is 45.1 Å². The average molecular weight is 275 g/mol. The van der Waals surface area contributed by atoms with Crippen molar-refractivity contribution < 1.29 is 0 Å². The third-order valence-electron chi connectivity index (χ3n) is 4.08. The summed E-state index contributed by atoms with van der Waals surface area (Å²) in [5.74, 6) is 0.665. The Hall–Kier alpha value is -0.860. The van der Waals surface area contributed by atoms with Gasteiger partial charge >= 0.3 is 0 Å². The SMILES string of the molecule is CCCCC(CC)C(N)Cc1csc2ccccc12. The second-order valence-corrected chi connectivity index (χ2v) is 6.35. The highest BCUT2D eigenvalue weighted by molar-refractivity contribution is 7.17. The normalized spacial score (nSPS) is 14.7. The van der Waals surface area contributed by atoms with Crippen molar-refractivity contribution in [3.8, 4) is 0 Å². The smallest absolute Gasteiger partial charge is 0.0345 e. The molecule has 0 saturated heterocycles. The largest absolute Gasteiger partial charge is 0.327 e. The van der Waals surface area contributed by atoms with Crippen LogP contribution >= 0.6 is 11.3 Å². The number of hydrogen-bond donors (Lipinski definition) is 1. The van der Waals surface area contributed by atoms with Gasteiger partial charge in [0.05, 0.1) is 0 Å². The standard InChI is InChI=1S/C17H25NS/c1-3-5-8-13(4-2)16(18)11-14-12-19-17-10-7-6-9-15(14)17/h6-7,9-10,12-13,16H,3-5,8,11,18H2,1-2H3. The van der Waals surface area contributed by atoms with Gasteiger partial charge in [-0.05, 0) is 41.2 Å². The maximum atomic E-state index is 6.46. The molecule has 2 aromatic rings. The van der Waals surface area contributed by atoms with Crippen molar-refractivity contribution in [3.05, 3.63) is 35.2 Å². The van der Waals surface area contributed by atoms with Gasteiger partial charge in [-0.3, -0.25) is 0 Å². The van der Waals surface area contributed by atoms with Gasteiger partial charge in [0.25, 0.3) is 0 Å². The van der Waals surface area contributed by atoms with Crippen molar-refractivity contribution in [2.45, 2.75) is 52.0 Å². The van der Waals surface area contributed by atoms with Crippen LogP contribution in [-0.4, -0.2) is 6.04 Å². The first-order valence-corrected chi connectivity index (χ1v) is 8.34. The van der Waals surface area contributed by atoms with Crippen molar-refractivity contribution in [2.24, 2.45) is 11.7 Å². The van der Waals surface area contributed by atoms with Crippen LogP contribution in [0, 0.1) is 5.92 Å². The molecule has 1 aromatic carbocycles. The van der Waals surface area contributed by atoms with Gasteiger partial charge in [0.2, 0.25) is 0 Å². The Bertz CT molecular complexity index is 503. The highest BCUT2D eigenvalue weighted by Crippen LogP contribution is 2.28. The summed E-state index contributed by atoms with van der Waals surface area (Å²) in [6.45, 7) is 4.52. The summed E-state index contributed by atoms with van der Waals surface area (Å²) in [6, 6.07) is 8.95. The molecule has 104 valence electrons. The number of nitrogens with two attached hydrogens (primary N) is 1. The molecular weight excluding hydrogens is 250 g/mol. The number of hydrogen-bond acceptors (Lipinski definition) is 2. The average Bonchev–Trinajstić information content (AvgIpc) is 2.83. The molecule has 0 spiro atoms. The monoisotopic (exact) mass is 275 g/mol. The van der Waals surface area contributed by atoms with Gasteiger partial charge < -0.3 is 5.73 Å². The van der Waals surface area contributed by atoms with Crippen molar-refractivity contribution in [3.63, 3.8) is 0 Å². The van der Waals surface area contributed by atoms with Gasteiger partial charge in [0, 0.05) is 10.7 Å². The van der Waals surface area contributed by atoms with E-state index < -0.39 is 0 Å². The Labute approximate surface area is 120 Å². The van der Waals surface area contributed by atoms with E-state index in [1.54, 1.807) is 0 Å². The summed E-state index contributed by atoms with van der Waals surface area (Å²) >= 11 is 1.84. The zero-order valence-corrected chi connectivity index (χ0v) is 12.9. The highest BCUT2D eigenvalue weighted by Gasteiger charge is 2.17. The van der Waals surface area contributed by atoms with Crippen LogP contribution in [0.15, 0.2) is 29.6 Å². The fraction of sp³-hybridized carbons (Fsp3) is 0.529. The maximum Gasteiger partial charge on any atom is 0.0345 e. The van der Waals surface area contributed by atoms with Crippen molar-refractivity contribution in [2.75, 3.05) is 0 Å². The van der Waals surface area contributed by atoms with Gasteiger partial charge in [0.1, 0.15) is 0 Å². The summed E-state index contributed by atoms with van der Waals surface area (Å²) < 4.78 is 1.38. The fourth-order valence-electron chi connectivity index (χ4n) is 2.80. The summed E-state index contributed by atoms with van der Waals surface area (Å²) in [5, 5.41) is 3.69. The van der Waals surface area contributed by atoms with Gasteiger partial charge in [-0.15, -0.1) is 11.3 Å². The first kappa shape index (κ1) is 14.5. The van der Waals surface area contributed by atoms with Crippen LogP contribution < -0.4 is 5.73 Å². The Kier molecular flexibility index (Phi) is 5.41. The summed E-state index contributed by atoms with van der Waals surface area (Å²) in [6.07, 6.45) is 6.06. The molecule has 1 nitrogen and oxygen atoms in total. The minimum atomic E-state index is 0.301. The second-order valence-electron chi connectivity index (χ2n) is 5.44. The molecule has 0 amide bonds. The van der Waals surface area contributed by atoms with E-state index in [1.165, 1.54) is 41.3 Å². The quantitative estimate of drug-likeness (QED) is 0.757. The van der Waals surface area contributed by atoms with Crippen LogP contribution in [-0.2, 0) is 6.42 Å². The third kappa shape index (κ3) is 3.58. The van der Waals surface area contributed by atoms with E-state index >= 15 is 0 Å². The molecule has 0 fully saturated rings. The number of thiophene rings is 1. The van der Waals surface area contributed by atoms with Crippen LogP contribution in [0.2, 0.25) is 0 Å². The van der Waals surface area contributed by atoms with Gasteiger partial charge in [-0.2, -0.15) is 0 Å². The molecule has 1 heterocycles. The van der Waals surface area contributed by atoms with Crippen LogP contribution in [0.25, 0.3) is 10.1 Å². The molecule has 0 aliphatic rings. The topological polar surface area (TPSA) is 26.0 Å². The lowest BCUT2D eigenvalue weighted by Crippen LogP contribution is -2.31. The number of unbranched alkanes of at least 4 members (excludes halogenated alkanes) is 1. The maximum absolute atomic E-state index is 6.46. The summed E-state index contributed by atoms with van der Waals surface area (Å²) in [4.78, 5) is 0. The predicted molar refractivity (Wildman–Crippen MR) is 86.8 cm³/mol. The van der Waals surface area contributed by atoms with Gasteiger partial charge in [0.15, 0.2) is 0 Å². The minimum Gasteiger partial charge on any atom is -0.327 e. The van der Waals surface area contributed by atoms with Crippen molar-refractivity contribution in [1.29, 1.82) is 0 Å². The van der Waals surface area contributed by atoms with Crippen molar-refractivity contribution >= 4 is 21.4 Å². The Morgan fingerprint density at radius 1 is 1.21 bits per heavy atom. The van der Waals surface area contributed by atoms with Crippen molar-refractivity contribution in [1.82, 2.24) is 0 Å². The van der Waals surface area contributed by atoms with E-state index in [-0.39, 0.29) is 0 Å². The zero-order valence-electron chi connectivity index (χ0n) is 12.1. The van der Waals surface area contributed by atoms with Crippen LogP contribution in [0.5, 0.6) is 0 Å². The van der Waals surface area contributed by atoms with E-state index in [1.807, 2.05) is 11.3 Å². The Balaban J connectivity index is 2.07. The molecule has 0 saturated carbocycles. The first-order chi connectivity index (χ1) is 9.26. The summed E-state index contributed by atoms with van der Waals surface area (Å²) in [7, 11) is 0. The third-order valence-corrected chi connectivity index (χ3v) is 5.09. The first-order valence-electron chi connectivity index (χ1n) is 7.47. The lowest BCUT2D eigenvalue weighted by atomic mass is 9.88. The molecule has 2 unspecified atom stereocenters. The highest BCUT2D eigenvalue weighted by atomic mass is 32.1. The zero-order chi connectivity index (χ0) is 13.7. The molecule has 0 aliphatic carbocycles. The van der Waals surface area contributed by atoms with Gasteiger partial charge in [-0.25, -0.2) is 0 Å². The molecule has 2 N–H and O–H groups in total.